The number of alkyl halides is 3. The van der Waals surface area contributed by atoms with Crippen LogP contribution in [0.2, 0.25) is 0 Å². The Hall–Kier alpha value is -3.64. The molecule has 10 nitrogen and oxygen atoms in total. The van der Waals surface area contributed by atoms with Gasteiger partial charge in [0.2, 0.25) is 17.7 Å². The van der Waals surface area contributed by atoms with Crippen LogP contribution in [0.25, 0.3) is 0 Å². The van der Waals surface area contributed by atoms with Gasteiger partial charge in [-0.2, -0.15) is 13.2 Å². The van der Waals surface area contributed by atoms with E-state index < -0.39 is 41.9 Å². The van der Waals surface area contributed by atoms with Crippen molar-refractivity contribution in [3.63, 3.8) is 0 Å². The summed E-state index contributed by atoms with van der Waals surface area (Å²) in [7, 11) is 0. The highest BCUT2D eigenvalue weighted by atomic mass is 19.4. The van der Waals surface area contributed by atoms with E-state index in [1.165, 1.54) is 17.0 Å². The van der Waals surface area contributed by atoms with E-state index in [9.17, 15) is 37.1 Å². The zero-order chi connectivity index (χ0) is 29.4. The lowest BCUT2D eigenvalue weighted by Gasteiger charge is -2.26. The number of hydrogen-bond donors (Lipinski definition) is 3. The van der Waals surface area contributed by atoms with Gasteiger partial charge in [0.1, 0.15) is 18.9 Å². The van der Waals surface area contributed by atoms with E-state index in [4.69, 9.17) is 4.74 Å². The van der Waals surface area contributed by atoms with Crippen molar-refractivity contribution < 1.29 is 41.9 Å². The van der Waals surface area contributed by atoms with Gasteiger partial charge < -0.3 is 30.4 Å². The number of alkyl carbamates (subject to hydrolysis) is 1. The molecule has 2 aliphatic rings. The Balaban J connectivity index is 1.56. The molecule has 0 spiro atoms. The Bertz CT molecular complexity index is 1100. The molecule has 2 fully saturated rings. The highest BCUT2D eigenvalue weighted by Gasteiger charge is 2.35. The number of carbonyl (C=O) groups is 5. The van der Waals surface area contributed by atoms with E-state index in [2.05, 4.69) is 16.0 Å². The summed E-state index contributed by atoms with van der Waals surface area (Å²) in [6.07, 6.45) is -3.37. The first kappa shape index (κ1) is 30.9. The quantitative estimate of drug-likeness (QED) is 0.332. The number of amides is 4. The monoisotopic (exact) mass is 568 g/mol. The number of halogens is 3. The highest BCUT2D eigenvalue weighted by molar-refractivity contribution is 5.88. The number of aldehydes is 1. The number of rotatable bonds is 12. The van der Waals surface area contributed by atoms with Crippen molar-refractivity contribution in [3.8, 4) is 0 Å². The predicted molar refractivity (Wildman–Crippen MR) is 136 cm³/mol. The summed E-state index contributed by atoms with van der Waals surface area (Å²) in [6, 6.07) is 2.24. The molecular weight excluding hydrogens is 533 g/mol. The highest BCUT2D eigenvalue weighted by Crippen LogP contribution is 2.30. The van der Waals surface area contributed by atoms with Crippen LogP contribution >= 0.6 is 0 Å². The number of carbonyl (C=O) groups excluding carboxylic acids is 5. The van der Waals surface area contributed by atoms with Crippen molar-refractivity contribution in [3.05, 3.63) is 35.4 Å². The fraction of sp³-hybridized carbons (Fsp3) is 0.593. The molecule has 0 aromatic heterocycles. The van der Waals surface area contributed by atoms with Gasteiger partial charge in [-0.15, -0.1) is 0 Å². The maximum atomic E-state index is 13.1. The van der Waals surface area contributed by atoms with Crippen molar-refractivity contribution in [1.29, 1.82) is 0 Å². The Morgan fingerprint density at radius 1 is 1.20 bits per heavy atom. The first-order valence-corrected chi connectivity index (χ1v) is 13.3. The summed E-state index contributed by atoms with van der Waals surface area (Å²) < 4.78 is 44.5. The first-order chi connectivity index (χ1) is 18.9. The minimum Gasteiger partial charge on any atom is -0.447 e. The number of benzene rings is 1. The predicted octanol–water partition coefficient (Wildman–Crippen LogP) is 2.55. The molecule has 0 radical (unpaired) electrons. The molecule has 1 aromatic carbocycles. The van der Waals surface area contributed by atoms with Crippen LogP contribution in [0.5, 0.6) is 0 Å². The van der Waals surface area contributed by atoms with Gasteiger partial charge in [0.05, 0.1) is 17.6 Å². The molecule has 4 amide bonds. The van der Waals surface area contributed by atoms with Gasteiger partial charge in [0, 0.05) is 25.4 Å². The van der Waals surface area contributed by atoms with Gasteiger partial charge in [0.15, 0.2) is 0 Å². The van der Waals surface area contributed by atoms with Crippen LogP contribution in [0.1, 0.15) is 57.1 Å². The van der Waals surface area contributed by atoms with Crippen LogP contribution in [0, 0.1) is 11.8 Å². The molecule has 2 aliphatic heterocycles. The van der Waals surface area contributed by atoms with Gasteiger partial charge in [-0.25, -0.2) is 4.79 Å². The molecule has 13 heteroatoms. The standard InChI is InChI=1S/C27H35F3N4O6/c1-16(2)10-22(25(38)32-20(14-35)12-18-8-9-31-24(18)37)33-26(39)40-15-21-6-7-23(36)34(21)13-17-4-3-5-19(11-17)27(28,29)30/h3-5,11,14,16,18,20-22H,6-10,12-13,15H2,1-2H3,(H,31,37)(H,32,38)(H,33,39)/t18-,20-,21-,22-/m0/s1. The zero-order valence-corrected chi connectivity index (χ0v) is 22.5. The lowest BCUT2D eigenvalue weighted by Crippen LogP contribution is -2.51. The van der Waals surface area contributed by atoms with Gasteiger partial charge in [-0.1, -0.05) is 26.0 Å². The van der Waals surface area contributed by atoms with Crippen molar-refractivity contribution >= 4 is 30.1 Å². The third-order valence-corrected chi connectivity index (χ3v) is 6.98. The second-order valence-corrected chi connectivity index (χ2v) is 10.6. The van der Waals surface area contributed by atoms with Gasteiger partial charge >= 0.3 is 12.3 Å². The fourth-order valence-electron chi connectivity index (χ4n) is 4.89. The van der Waals surface area contributed by atoms with Crippen molar-refractivity contribution in [2.75, 3.05) is 13.2 Å². The maximum Gasteiger partial charge on any atom is 0.416 e. The molecule has 3 rings (SSSR count). The Morgan fingerprint density at radius 3 is 2.58 bits per heavy atom. The molecule has 2 saturated heterocycles. The minimum absolute atomic E-state index is 0.00162. The fourth-order valence-corrected chi connectivity index (χ4v) is 4.89. The maximum absolute atomic E-state index is 13.1. The van der Waals surface area contributed by atoms with Crippen LogP contribution in [-0.4, -0.2) is 66.3 Å². The molecule has 2 heterocycles. The zero-order valence-electron chi connectivity index (χ0n) is 22.5. The number of nitrogens with zero attached hydrogens (tertiary/aromatic N) is 1. The molecule has 220 valence electrons. The van der Waals surface area contributed by atoms with Crippen molar-refractivity contribution in [2.45, 2.75) is 76.8 Å². The van der Waals surface area contributed by atoms with Gasteiger partial charge in [-0.05, 0) is 49.3 Å². The minimum atomic E-state index is -4.51. The largest absolute Gasteiger partial charge is 0.447 e. The molecule has 3 N–H and O–H groups in total. The van der Waals surface area contributed by atoms with E-state index in [1.807, 2.05) is 13.8 Å². The Labute approximate surface area is 230 Å². The number of hydrogen-bond acceptors (Lipinski definition) is 6. The average molecular weight is 569 g/mol. The lowest BCUT2D eigenvalue weighted by molar-refractivity contribution is -0.137. The molecule has 0 saturated carbocycles. The smallest absolute Gasteiger partial charge is 0.416 e. The van der Waals surface area contributed by atoms with E-state index in [0.717, 1.165) is 12.1 Å². The van der Waals surface area contributed by atoms with Crippen LogP contribution in [-0.2, 0) is 36.6 Å². The van der Waals surface area contributed by atoms with Gasteiger partial charge in [0.25, 0.3) is 0 Å². The summed E-state index contributed by atoms with van der Waals surface area (Å²) in [5, 5.41) is 7.78. The number of ether oxygens (including phenoxy) is 1. The van der Waals surface area contributed by atoms with E-state index in [0.29, 0.717) is 31.2 Å². The van der Waals surface area contributed by atoms with Gasteiger partial charge in [-0.3, -0.25) is 14.4 Å². The van der Waals surface area contributed by atoms with E-state index >= 15 is 0 Å². The summed E-state index contributed by atoms with van der Waals surface area (Å²) >= 11 is 0. The lowest BCUT2D eigenvalue weighted by atomic mass is 9.98. The molecule has 40 heavy (non-hydrogen) atoms. The molecule has 4 atom stereocenters. The van der Waals surface area contributed by atoms with Crippen molar-refractivity contribution in [1.82, 2.24) is 20.9 Å². The third-order valence-electron chi connectivity index (χ3n) is 6.98. The number of nitrogens with one attached hydrogen (secondary N) is 3. The third kappa shape index (κ3) is 8.68. The number of likely N-dealkylation sites (tertiary alicyclic amines) is 1. The normalized spacial score (nSPS) is 20.7. The first-order valence-electron chi connectivity index (χ1n) is 13.3. The molecular formula is C27H35F3N4O6. The SMILES string of the molecule is CC(C)C[C@H](NC(=O)OC[C@@H]1CCC(=O)N1Cc1cccc(C(F)(F)F)c1)C(=O)N[C@H](C=O)C[C@@H]1CCNC1=O. The Morgan fingerprint density at radius 2 is 1.95 bits per heavy atom. The van der Waals surface area contributed by atoms with Crippen LogP contribution in [0.15, 0.2) is 24.3 Å². The molecule has 1 aromatic rings. The second kappa shape index (κ2) is 13.6. The van der Waals surface area contributed by atoms with Crippen LogP contribution in [0.3, 0.4) is 0 Å². The summed E-state index contributed by atoms with van der Waals surface area (Å²) in [5.41, 5.74) is -0.519. The summed E-state index contributed by atoms with van der Waals surface area (Å²) in [5.74, 6) is -1.41. The molecule has 0 unspecified atom stereocenters. The van der Waals surface area contributed by atoms with E-state index in [-0.39, 0.29) is 56.1 Å². The van der Waals surface area contributed by atoms with Crippen molar-refractivity contribution in [2.24, 2.45) is 11.8 Å². The summed E-state index contributed by atoms with van der Waals surface area (Å²) in [6.45, 7) is 3.94. The average Bonchev–Trinajstić information content (AvgIpc) is 3.45. The second-order valence-electron chi connectivity index (χ2n) is 10.6. The summed E-state index contributed by atoms with van der Waals surface area (Å²) in [4.78, 5) is 62.7. The van der Waals surface area contributed by atoms with Crippen LogP contribution in [0.4, 0.5) is 18.0 Å². The Kier molecular flexibility index (Phi) is 10.5. The van der Waals surface area contributed by atoms with Crippen LogP contribution < -0.4 is 16.0 Å². The van der Waals surface area contributed by atoms with E-state index in [1.54, 1.807) is 0 Å². The molecule has 0 bridgehead atoms. The molecule has 0 aliphatic carbocycles. The topological polar surface area (TPSA) is 134 Å².